The van der Waals surface area contributed by atoms with Gasteiger partial charge >= 0.3 is 17.9 Å². The molecule has 1 unspecified atom stereocenters. The number of ether oxygens (including phenoxy) is 5. The fourth-order valence-corrected chi connectivity index (χ4v) is 4.82. The van der Waals surface area contributed by atoms with Crippen LogP contribution in [0.4, 0.5) is 0 Å². The molecule has 0 radical (unpaired) electrons. The van der Waals surface area contributed by atoms with Crippen molar-refractivity contribution in [3.8, 4) is 28.4 Å². The second-order valence-electron chi connectivity index (χ2n) is 10.5. The first-order chi connectivity index (χ1) is 21.8. The summed E-state index contributed by atoms with van der Waals surface area (Å²) in [5.41, 5.74) is 4.88. The Morgan fingerprint density at radius 3 is 1.98 bits per heavy atom. The molecule has 1 aliphatic rings. The van der Waals surface area contributed by atoms with E-state index in [9.17, 15) is 14.4 Å². The molecule has 0 heterocycles. The number of hydrogen-bond acceptors (Lipinski definition) is 9. The summed E-state index contributed by atoms with van der Waals surface area (Å²) in [6.45, 7) is 9.98. The summed E-state index contributed by atoms with van der Waals surface area (Å²) < 4.78 is 27.3. The molecule has 0 bridgehead atoms. The molecule has 0 aliphatic heterocycles. The van der Waals surface area contributed by atoms with Gasteiger partial charge in [-0.05, 0) is 96.5 Å². The fourth-order valence-electron chi connectivity index (χ4n) is 4.82. The maximum Gasteiger partial charge on any atom is 0.343 e. The summed E-state index contributed by atoms with van der Waals surface area (Å²) in [6, 6.07) is 18.5. The molecule has 4 rings (SSSR count). The van der Waals surface area contributed by atoms with Crippen LogP contribution < -0.4 is 14.2 Å². The zero-order valence-electron chi connectivity index (χ0n) is 25.4. The predicted octanol–water partition coefficient (Wildman–Crippen LogP) is 6.18. The van der Waals surface area contributed by atoms with Crippen LogP contribution in [0, 0.1) is 0 Å². The maximum absolute atomic E-state index is 13.0. The Morgan fingerprint density at radius 1 is 0.756 bits per heavy atom. The lowest BCUT2D eigenvalue weighted by Crippen LogP contribution is -2.11. The Bertz CT molecular complexity index is 1520. The van der Waals surface area contributed by atoms with E-state index in [2.05, 4.69) is 20.1 Å². The van der Waals surface area contributed by atoms with Gasteiger partial charge < -0.3 is 28.8 Å². The average Bonchev–Trinajstić information content (AvgIpc) is 3.34. The topological polar surface area (TPSA) is 118 Å². The Balaban J connectivity index is 1.24. The van der Waals surface area contributed by atoms with Crippen molar-refractivity contribution >= 4 is 17.9 Å². The minimum absolute atomic E-state index is 0.0275. The number of fused-ring (bicyclic) bond motifs is 3. The first-order valence-corrected chi connectivity index (χ1v) is 14.9. The van der Waals surface area contributed by atoms with Crippen LogP contribution in [-0.2, 0) is 19.1 Å². The highest BCUT2D eigenvalue weighted by atomic mass is 16.5. The van der Waals surface area contributed by atoms with Gasteiger partial charge in [0.25, 0.3) is 0 Å². The van der Waals surface area contributed by atoms with Crippen LogP contribution in [-0.4, -0.2) is 56.0 Å². The van der Waals surface area contributed by atoms with Crippen LogP contribution >= 0.6 is 0 Å². The van der Waals surface area contributed by atoms with Crippen LogP contribution in [0.3, 0.4) is 0 Å². The Hall–Kier alpha value is -4.89. The molecule has 45 heavy (non-hydrogen) atoms. The summed E-state index contributed by atoms with van der Waals surface area (Å²) in [7, 11) is 0. The summed E-state index contributed by atoms with van der Waals surface area (Å²) in [5.74, 6) is 0.412. The third kappa shape index (κ3) is 9.06. The van der Waals surface area contributed by atoms with Gasteiger partial charge in [0, 0.05) is 12.0 Å². The van der Waals surface area contributed by atoms with Crippen LogP contribution in [0.2, 0.25) is 0 Å². The molecule has 236 valence electrons. The zero-order chi connectivity index (χ0) is 32.2. The van der Waals surface area contributed by atoms with Gasteiger partial charge in [0.15, 0.2) is 0 Å². The zero-order valence-corrected chi connectivity index (χ0v) is 25.4. The number of aliphatic hydroxyl groups is 1. The number of benzene rings is 3. The first kappa shape index (κ1) is 33.0. The van der Waals surface area contributed by atoms with Crippen molar-refractivity contribution in [2.75, 3.05) is 33.0 Å². The van der Waals surface area contributed by atoms with Crippen molar-refractivity contribution in [1.82, 2.24) is 0 Å². The first-order valence-electron chi connectivity index (χ1n) is 14.9. The van der Waals surface area contributed by atoms with Crippen molar-refractivity contribution in [2.45, 2.75) is 38.5 Å². The maximum atomic E-state index is 13.0. The van der Waals surface area contributed by atoms with E-state index in [1.807, 2.05) is 30.3 Å². The summed E-state index contributed by atoms with van der Waals surface area (Å²) >= 11 is 0. The van der Waals surface area contributed by atoms with Crippen LogP contribution in [0.15, 0.2) is 85.5 Å². The average molecular weight is 615 g/mol. The Labute approximate surface area is 263 Å². The van der Waals surface area contributed by atoms with Crippen LogP contribution in [0.5, 0.6) is 17.2 Å². The lowest BCUT2D eigenvalue weighted by molar-refractivity contribution is -0.140. The summed E-state index contributed by atoms with van der Waals surface area (Å²) in [6.07, 6.45) is 3.88. The highest BCUT2D eigenvalue weighted by molar-refractivity contribution is 5.93. The SMILES string of the molecule is C=CC(=O)OCCCCOc1ccc2c(c1)C(C)c1cc(C(=O)Oc3ccc(OCCCCOC(=O)C(=C)CO)cc3)ccc1-2. The third-order valence-corrected chi connectivity index (χ3v) is 7.31. The van der Waals surface area contributed by atoms with Gasteiger partial charge in [-0.25, -0.2) is 14.4 Å². The minimum Gasteiger partial charge on any atom is -0.494 e. The molecule has 1 aliphatic carbocycles. The van der Waals surface area contributed by atoms with Gasteiger partial charge in [-0.3, -0.25) is 0 Å². The van der Waals surface area contributed by atoms with E-state index in [1.165, 1.54) is 0 Å². The monoisotopic (exact) mass is 614 g/mol. The Morgan fingerprint density at radius 2 is 1.31 bits per heavy atom. The van der Waals surface area contributed by atoms with E-state index in [4.69, 9.17) is 28.8 Å². The largest absolute Gasteiger partial charge is 0.494 e. The van der Waals surface area contributed by atoms with E-state index >= 15 is 0 Å². The van der Waals surface area contributed by atoms with Gasteiger partial charge in [0.05, 0.1) is 44.2 Å². The number of unbranched alkanes of at least 4 members (excludes halogenated alkanes) is 2. The molecule has 3 aromatic rings. The number of esters is 3. The number of aliphatic hydroxyl groups excluding tert-OH is 1. The number of carbonyl (C=O) groups excluding carboxylic acids is 3. The molecular weight excluding hydrogens is 576 g/mol. The molecule has 0 aromatic heterocycles. The van der Waals surface area contributed by atoms with Crippen molar-refractivity contribution in [1.29, 1.82) is 0 Å². The molecule has 9 heteroatoms. The third-order valence-electron chi connectivity index (χ3n) is 7.31. The van der Waals surface area contributed by atoms with E-state index < -0.39 is 24.5 Å². The van der Waals surface area contributed by atoms with Crippen molar-refractivity contribution in [3.05, 3.63) is 102 Å². The van der Waals surface area contributed by atoms with E-state index in [0.717, 1.165) is 40.5 Å². The molecule has 0 saturated carbocycles. The number of hydrogen-bond donors (Lipinski definition) is 1. The van der Waals surface area contributed by atoms with E-state index in [-0.39, 0.29) is 18.1 Å². The molecule has 9 nitrogen and oxygen atoms in total. The molecular formula is C36H38O9. The van der Waals surface area contributed by atoms with Crippen LogP contribution in [0.1, 0.15) is 60.0 Å². The minimum atomic E-state index is -0.599. The quantitative estimate of drug-likeness (QED) is 0.0824. The highest BCUT2D eigenvalue weighted by Crippen LogP contribution is 2.46. The molecule has 1 N–H and O–H groups in total. The molecule has 0 saturated heterocycles. The van der Waals surface area contributed by atoms with E-state index in [0.29, 0.717) is 56.1 Å². The molecule has 0 fully saturated rings. The predicted molar refractivity (Wildman–Crippen MR) is 169 cm³/mol. The van der Waals surface area contributed by atoms with Gasteiger partial charge in [0.2, 0.25) is 0 Å². The van der Waals surface area contributed by atoms with Crippen LogP contribution in [0.25, 0.3) is 11.1 Å². The van der Waals surface area contributed by atoms with Crippen molar-refractivity contribution < 1.29 is 43.2 Å². The Kier molecular flexibility index (Phi) is 11.9. The summed E-state index contributed by atoms with van der Waals surface area (Å²) in [5, 5.41) is 8.87. The number of carbonyl (C=O) groups is 3. The lowest BCUT2D eigenvalue weighted by Gasteiger charge is -2.11. The summed E-state index contributed by atoms with van der Waals surface area (Å²) in [4.78, 5) is 35.6. The molecule has 0 amide bonds. The van der Waals surface area contributed by atoms with Gasteiger partial charge in [-0.15, -0.1) is 0 Å². The van der Waals surface area contributed by atoms with Gasteiger partial charge in [-0.1, -0.05) is 32.2 Å². The fraction of sp³-hybridized carbons (Fsp3) is 0.306. The van der Waals surface area contributed by atoms with Crippen molar-refractivity contribution in [2.24, 2.45) is 0 Å². The standard InChI is InChI=1S/C36H38O9/c1-4-34(38)43-19-7-5-18-42-29-14-16-31-30-15-9-26(21-32(30)25(3)33(31)22-29)36(40)45-28-12-10-27(11-13-28)41-17-6-8-20-44-35(39)24(2)23-37/h4,9-16,21-22,25,37H,1-2,5-8,17-20,23H2,3H3. The van der Waals surface area contributed by atoms with E-state index in [1.54, 1.807) is 30.3 Å². The molecule has 1 atom stereocenters. The lowest BCUT2D eigenvalue weighted by atomic mass is 9.98. The second-order valence-corrected chi connectivity index (χ2v) is 10.5. The smallest absolute Gasteiger partial charge is 0.343 e. The normalized spacial score (nSPS) is 12.8. The molecule has 0 spiro atoms. The van der Waals surface area contributed by atoms with Gasteiger partial charge in [-0.2, -0.15) is 0 Å². The van der Waals surface area contributed by atoms with Gasteiger partial charge in [0.1, 0.15) is 17.2 Å². The second kappa shape index (κ2) is 16.3. The number of rotatable bonds is 17. The van der Waals surface area contributed by atoms with Crippen molar-refractivity contribution in [3.63, 3.8) is 0 Å². The highest BCUT2D eigenvalue weighted by Gasteiger charge is 2.27. The molecule has 3 aromatic carbocycles.